The Hall–Kier alpha value is -2.58. The Balaban J connectivity index is 1.89. The van der Waals surface area contributed by atoms with E-state index in [9.17, 15) is 13.2 Å². The molecular formula is C24H24Cl2N2O4S. The van der Waals surface area contributed by atoms with Crippen molar-refractivity contribution in [2.24, 2.45) is 0 Å². The van der Waals surface area contributed by atoms with Crippen molar-refractivity contribution in [3.8, 4) is 5.75 Å². The number of hydrogen-bond acceptors (Lipinski definition) is 4. The molecule has 33 heavy (non-hydrogen) atoms. The number of benzene rings is 3. The van der Waals surface area contributed by atoms with Crippen LogP contribution in [0.1, 0.15) is 18.1 Å². The Morgan fingerprint density at radius 1 is 1.03 bits per heavy atom. The highest BCUT2D eigenvalue weighted by Gasteiger charge is 2.27. The summed E-state index contributed by atoms with van der Waals surface area (Å²) in [5, 5.41) is 3.36. The molecule has 0 saturated heterocycles. The molecule has 0 radical (unpaired) electrons. The van der Waals surface area contributed by atoms with Crippen molar-refractivity contribution >= 4 is 44.8 Å². The summed E-state index contributed by atoms with van der Waals surface area (Å²) in [6.45, 7) is 4.08. The van der Waals surface area contributed by atoms with Gasteiger partial charge in [0.25, 0.3) is 0 Å². The Morgan fingerprint density at radius 2 is 1.76 bits per heavy atom. The molecule has 9 heteroatoms. The van der Waals surface area contributed by atoms with Crippen LogP contribution in [0.3, 0.4) is 0 Å². The first-order valence-corrected chi connectivity index (χ1v) is 12.5. The average molecular weight is 507 g/mol. The molecule has 0 spiro atoms. The predicted octanol–water partition coefficient (Wildman–Crippen LogP) is 5.23. The smallest absolute Gasteiger partial charge is 0.242 e. The standard InChI is InChI=1S/C24H24Cl2N2O4S/c1-3-32-23-12-10-19(13-16(23)2)33(30,31)28-22(14-17-7-5-4-6-8-17)24(29)27-21-15-18(25)9-11-20(21)26/h4-13,15,22,28H,3,14H2,1-2H3,(H,27,29)/t22-/m0/s1. The molecule has 2 N–H and O–H groups in total. The maximum absolute atomic E-state index is 13.2. The molecule has 6 nitrogen and oxygen atoms in total. The summed E-state index contributed by atoms with van der Waals surface area (Å²) < 4.78 is 34.3. The number of carbonyl (C=O) groups excluding carboxylic acids is 1. The molecule has 0 heterocycles. The van der Waals surface area contributed by atoms with Crippen LogP contribution in [0.2, 0.25) is 10.0 Å². The zero-order chi connectivity index (χ0) is 24.0. The van der Waals surface area contributed by atoms with Gasteiger partial charge in [-0.1, -0.05) is 53.5 Å². The second-order valence-corrected chi connectivity index (χ2v) is 9.89. The van der Waals surface area contributed by atoms with Gasteiger partial charge < -0.3 is 10.1 Å². The Kier molecular flexibility index (Phi) is 8.37. The Morgan fingerprint density at radius 3 is 2.42 bits per heavy atom. The normalized spacial score (nSPS) is 12.2. The van der Waals surface area contributed by atoms with Crippen molar-refractivity contribution in [1.29, 1.82) is 0 Å². The lowest BCUT2D eigenvalue weighted by Gasteiger charge is -2.20. The van der Waals surface area contributed by atoms with Crippen LogP contribution in [0, 0.1) is 6.92 Å². The van der Waals surface area contributed by atoms with Crippen LogP contribution in [0.25, 0.3) is 0 Å². The number of hydrogen-bond donors (Lipinski definition) is 2. The van der Waals surface area contributed by atoms with Gasteiger partial charge in [-0.3, -0.25) is 4.79 Å². The summed E-state index contributed by atoms with van der Waals surface area (Å²) in [6, 6.07) is 17.3. The number of halogens is 2. The van der Waals surface area contributed by atoms with Gasteiger partial charge >= 0.3 is 0 Å². The number of amides is 1. The van der Waals surface area contributed by atoms with E-state index >= 15 is 0 Å². The summed E-state index contributed by atoms with van der Waals surface area (Å²) in [4.78, 5) is 13.2. The summed E-state index contributed by atoms with van der Waals surface area (Å²) in [5.41, 5.74) is 1.76. The van der Waals surface area contributed by atoms with Gasteiger partial charge in [-0.2, -0.15) is 4.72 Å². The zero-order valence-corrected chi connectivity index (χ0v) is 20.5. The molecule has 3 aromatic carbocycles. The minimum Gasteiger partial charge on any atom is -0.494 e. The number of nitrogens with one attached hydrogen (secondary N) is 2. The molecule has 0 aliphatic heterocycles. The minimum atomic E-state index is -4.01. The fourth-order valence-corrected chi connectivity index (χ4v) is 4.83. The third kappa shape index (κ3) is 6.71. The fourth-order valence-electron chi connectivity index (χ4n) is 3.21. The number of carbonyl (C=O) groups is 1. The molecule has 0 fully saturated rings. The van der Waals surface area contributed by atoms with Crippen LogP contribution in [0.15, 0.2) is 71.6 Å². The molecule has 1 atom stereocenters. The van der Waals surface area contributed by atoms with Crippen molar-refractivity contribution < 1.29 is 17.9 Å². The number of ether oxygens (including phenoxy) is 1. The fraction of sp³-hybridized carbons (Fsp3) is 0.208. The van der Waals surface area contributed by atoms with Crippen molar-refractivity contribution in [2.45, 2.75) is 31.2 Å². The lowest BCUT2D eigenvalue weighted by Crippen LogP contribution is -2.45. The number of aryl methyl sites for hydroxylation is 1. The largest absolute Gasteiger partial charge is 0.494 e. The highest BCUT2D eigenvalue weighted by Crippen LogP contribution is 2.26. The zero-order valence-electron chi connectivity index (χ0n) is 18.1. The molecule has 0 saturated carbocycles. The van der Waals surface area contributed by atoms with Crippen LogP contribution in [-0.2, 0) is 21.2 Å². The maximum Gasteiger partial charge on any atom is 0.242 e. The third-order valence-corrected chi connectivity index (χ3v) is 6.87. The second kappa shape index (κ2) is 11.0. The van der Waals surface area contributed by atoms with E-state index in [-0.39, 0.29) is 16.3 Å². The second-order valence-electron chi connectivity index (χ2n) is 7.34. The number of rotatable bonds is 9. The minimum absolute atomic E-state index is 0.0371. The first-order chi connectivity index (χ1) is 15.7. The van der Waals surface area contributed by atoms with Gasteiger partial charge in [-0.15, -0.1) is 0 Å². The SMILES string of the molecule is CCOc1ccc(S(=O)(=O)N[C@@H](Cc2ccccc2)C(=O)Nc2cc(Cl)ccc2Cl)cc1C. The van der Waals surface area contributed by atoms with Crippen molar-refractivity contribution in [3.63, 3.8) is 0 Å². The van der Waals surface area contributed by atoms with Gasteiger partial charge in [0.1, 0.15) is 11.8 Å². The van der Waals surface area contributed by atoms with Crippen molar-refractivity contribution in [3.05, 3.63) is 87.9 Å². The van der Waals surface area contributed by atoms with Crippen LogP contribution in [-0.4, -0.2) is 27.0 Å². The van der Waals surface area contributed by atoms with Crippen LogP contribution in [0.4, 0.5) is 5.69 Å². The van der Waals surface area contributed by atoms with E-state index in [0.29, 0.717) is 28.6 Å². The van der Waals surface area contributed by atoms with Gasteiger partial charge in [0.2, 0.25) is 15.9 Å². The summed E-state index contributed by atoms with van der Waals surface area (Å²) in [7, 11) is -4.01. The number of anilines is 1. The summed E-state index contributed by atoms with van der Waals surface area (Å²) >= 11 is 12.2. The van der Waals surface area contributed by atoms with E-state index in [0.717, 1.165) is 5.56 Å². The molecule has 3 rings (SSSR count). The quantitative estimate of drug-likeness (QED) is 0.416. The summed E-state index contributed by atoms with van der Waals surface area (Å²) in [5.74, 6) is 0.0416. The maximum atomic E-state index is 13.2. The molecule has 0 aliphatic carbocycles. The Labute approximate surface area is 203 Å². The van der Waals surface area contributed by atoms with E-state index in [4.69, 9.17) is 27.9 Å². The van der Waals surface area contributed by atoms with Gasteiger partial charge in [0.15, 0.2) is 0 Å². The topological polar surface area (TPSA) is 84.5 Å². The molecule has 0 unspecified atom stereocenters. The number of sulfonamides is 1. The first kappa shape index (κ1) is 25.1. The van der Waals surface area contributed by atoms with Crippen LogP contribution >= 0.6 is 23.2 Å². The third-order valence-electron chi connectivity index (χ3n) is 4.84. The van der Waals surface area contributed by atoms with E-state index in [1.54, 1.807) is 25.1 Å². The molecule has 1 amide bonds. The molecule has 0 aliphatic rings. The molecule has 0 bridgehead atoms. The molecular weight excluding hydrogens is 483 g/mol. The highest BCUT2D eigenvalue weighted by atomic mass is 35.5. The Bertz CT molecular complexity index is 1230. The van der Waals surface area contributed by atoms with Gasteiger partial charge in [0, 0.05) is 5.02 Å². The van der Waals surface area contributed by atoms with E-state index in [1.807, 2.05) is 37.3 Å². The van der Waals surface area contributed by atoms with Crippen molar-refractivity contribution in [2.75, 3.05) is 11.9 Å². The van der Waals surface area contributed by atoms with Crippen LogP contribution in [0.5, 0.6) is 5.75 Å². The lowest BCUT2D eigenvalue weighted by molar-refractivity contribution is -0.117. The van der Waals surface area contributed by atoms with Crippen LogP contribution < -0.4 is 14.8 Å². The van der Waals surface area contributed by atoms with Crippen molar-refractivity contribution in [1.82, 2.24) is 4.72 Å². The van der Waals surface area contributed by atoms with Gasteiger partial charge in [-0.05, 0) is 67.8 Å². The molecule has 0 aromatic heterocycles. The highest BCUT2D eigenvalue weighted by molar-refractivity contribution is 7.89. The molecule has 174 valence electrons. The van der Waals surface area contributed by atoms with Gasteiger partial charge in [-0.25, -0.2) is 8.42 Å². The molecule has 3 aromatic rings. The predicted molar refractivity (Wildman–Crippen MR) is 132 cm³/mol. The van der Waals surface area contributed by atoms with E-state index in [2.05, 4.69) is 10.0 Å². The lowest BCUT2D eigenvalue weighted by atomic mass is 10.1. The average Bonchev–Trinajstić information content (AvgIpc) is 2.78. The van der Waals surface area contributed by atoms with E-state index < -0.39 is 22.0 Å². The van der Waals surface area contributed by atoms with E-state index in [1.165, 1.54) is 18.2 Å². The first-order valence-electron chi connectivity index (χ1n) is 10.2. The van der Waals surface area contributed by atoms with Gasteiger partial charge in [0.05, 0.1) is 22.2 Å². The summed E-state index contributed by atoms with van der Waals surface area (Å²) in [6.07, 6.45) is 0.139. The monoisotopic (exact) mass is 506 g/mol.